The summed E-state index contributed by atoms with van der Waals surface area (Å²) in [5.74, 6) is -7.64. The first-order valence-corrected chi connectivity index (χ1v) is 17.2. The Morgan fingerprint density at radius 3 is 1.28 bits per heavy atom. The van der Waals surface area contributed by atoms with Crippen LogP contribution in [0.1, 0.15) is 162 Å². The number of ether oxygens (including phenoxy) is 3. The van der Waals surface area contributed by atoms with E-state index in [0.29, 0.717) is 19.3 Å². The molecule has 0 fully saturated rings. The van der Waals surface area contributed by atoms with Gasteiger partial charge in [-0.2, -0.15) is 0 Å². The van der Waals surface area contributed by atoms with Crippen LogP contribution in [0, 0.1) is 5.92 Å². The van der Waals surface area contributed by atoms with Gasteiger partial charge in [-0.1, -0.05) is 136 Å². The van der Waals surface area contributed by atoms with Gasteiger partial charge in [-0.05, 0) is 19.3 Å². The molecule has 2 unspecified atom stereocenters. The van der Waals surface area contributed by atoms with E-state index < -0.39 is 41.8 Å². The van der Waals surface area contributed by atoms with Gasteiger partial charge in [-0.3, -0.25) is 14.4 Å². The molecule has 0 aliphatic rings. The van der Waals surface area contributed by atoms with Crippen LogP contribution >= 0.6 is 0 Å². The molecule has 0 radical (unpaired) electrons. The largest absolute Gasteiger partial charge is 0.481 e. The van der Waals surface area contributed by atoms with E-state index in [2.05, 4.69) is 20.8 Å². The summed E-state index contributed by atoms with van der Waals surface area (Å²) in [6.45, 7) is 6.42. The maximum absolute atomic E-state index is 13.1. The Morgan fingerprint density at radius 1 is 0.535 bits per heavy atom. The molecular formula is C34H62O9. The highest BCUT2D eigenvalue weighted by atomic mass is 16.6. The summed E-state index contributed by atoms with van der Waals surface area (Å²) >= 11 is 0. The van der Waals surface area contributed by atoms with E-state index in [-0.39, 0.29) is 19.8 Å². The lowest BCUT2D eigenvalue weighted by atomic mass is 9.84. The van der Waals surface area contributed by atoms with Crippen molar-refractivity contribution in [2.24, 2.45) is 5.92 Å². The fraction of sp³-hybridized carbons (Fsp3) is 0.882. The maximum Gasteiger partial charge on any atom is 0.340 e. The summed E-state index contributed by atoms with van der Waals surface area (Å²) in [5, 5.41) is 21.2. The number of carboxylic acid groups (broad SMARTS) is 1. The Hall–Kier alpha value is -2.16. The molecule has 0 aliphatic heterocycles. The second kappa shape index (κ2) is 27.4. The lowest BCUT2D eigenvalue weighted by Gasteiger charge is -2.29. The molecule has 252 valence electrons. The van der Waals surface area contributed by atoms with Crippen LogP contribution in [0.25, 0.3) is 0 Å². The lowest BCUT2D eigenvalue weighted by Crippen LogP contribution is -2.55. The molecule has 0 aliphatic carbocycles. The maximum atomic E-state index is 13.1. The molecule has 0 heterocycles. The van der Waals surface area contributed by atoms with E-state index in [0.717, 1.165) is 96.3 Å². The minimum Gasteiger partial charge on any atom is -0.481 e. The molecule has 43 heavy (non-hydrogen) atoms. The van der Waals surface area contributed by atoms with Gasteiger partial charge in [0.2, 0.25) is 0 Å². The van der Waals surface area contributed by atoms with Crippen molar-refractivity contribution in [1.82, 2.24) is 0 Å². The van der Waals surface area contributed by atoms with Crippen molar-refractivity contribution in [2.75, 3.05) is 19.8 Å². The molecule has 0 bridgehead atoms. The average molecular weight is 615 g/mol. The van der Waals surface area contributed by atoms with Crippen molar-refractivity contribution in [3.63, 3.8) is 0 Å². The number of esters is 3. The van der Waals surface area contributed by atoms with E-state index in [4.69, 9.17) is 14.2 Å². The van der Waals surface area contributed by atoms with Crippen LogP contribution < -0.4 is 0 Å². The van der Waals surface area contributed by atoms with Gasteiger partial charge in [0, 0.05) is 0 Å². The molecule has 0 spiro atoms. The van der Waals surface area contributed by atoms with E-state index in [1.54, 1.807) is 0 Å². The highest BCUT2D eigenvalue weighted by Crippen LogP contribution is 2.27. The minimum atomic E-state index is -2.94. The fourth-order valence-corrected chi connectivity index (χ4v) is 4.97. The molecule has 0 saturated heterocycles. The Morgan fingerprint density at radius 2 is 0.884 bits per heavy atom. The highest BCUT2D eigenvalue weighted by Gasteiger charge is 2.56. The van der Waals surface area contributed by atoms with Crippen molar-refractivity contribution in [3.05, 3.63) is 0 Å². The van der Waals surface area contributed by atoms with Crippen LogP contribution in [0.3, 0.4) is 0 Å². The van der Waals surface area contributed by atoms with E-state index in [1.165, 1.54) is 19.3 Å². The van der Waals surface area contributed by atoms with Crippen molar-refractivity contribution in [3.8, 4) is 0 Å². The number of carboxylic acids is 1. The van der Waals surface area contributed by atoms with Gasteiger partial charge in [0.25, 0.3) is 0 Å². The number of carbonyl (C=O) groups excluding carboxylic acids is 3. The SMILES string of the molecule is CCCCCCCCCOC(=O)CC(O)(C(=O)OCCCCCCCCC)C(C(=O)O)C(=O)OCCCCCCCCC. The van der Waals surface area contributed by atoms with Gasteiger partial charge in [-0.15, -0.1) is 0 Å². The Kier molecular flexibility index (Phi) is 26.0. The van der Waals surface area contributed by atoms with E-state index >= 15 is 0 Å². The van der Waals surface area contributed by atoms with Gasteiger partial charge >= 0.3 is 23.9 Å². The first kappa shape index (κ1) is 40.8. The quantitative estimate of drug-likeness (QED) is 0.0361. The molecule has 0 amide bonds. The number of hydrogen-bond acceptors (Lipinski definition) is 8. The van der Waals surface area contributed by atoms with E-state index in [9.17, 15) is 29.4 Å². The summed E-state index contributed by atoms with van der Waals surface area (Å²) in [5.41, 5.74) is -2.94. The molecular weight excluding hydrogens is 552 g/mol. The summed E-state index contributed by atoms with van der Waals surface area (Å²) in [6.07, 6.45) is 19.8. The van der Waals surface area contributed by atoms with Gasteiger partial charge in [0.15, 0.2) is 11.5 Å². The smallest absolute Gasteiger partial charge is 0.340 e. The van der Waals surface area contributed by atoms with Crippen molar-refractivity contribution >= 4 is 23.9 Å². The Balaban J connectivity index is 5.15. The minimum absolute atomic E-state index is 0.0394. The van der Waals surface area contributed by atoms with Crippen LogP contribution in [0.15, 0.2) is 0 Å². The zero-order valence-electron chi connectivity index (χ0n) is 27.5. The summed E-state index contributed by atoms with van der Waals surface area (Å²) in [7, 11) is 0. The normalized spacial score (nSPS) is 13.2. The first-order valence-electron chi connectivity index (χ1n) is 17.2. The first-order chi connectivity index (χ1) is 20.7. The number of hydrogen-bond donors (Lipinski definition) is 2. The zero-order chi connectivity index (χ0) is 32.2. The predicted octanol–water partition coefficient (Wildman–Crippen LogP) is 7.69. The third-order valence-electron chi connectivity index (χ3n) is 7.71. The molecule has 2 N–H and O–H groups in total. The molecule has 9 heteroatoms. The number of aliphatic carboxylic acids is 1. The Bertz CT molecular complexity index is 739. The van der Waals surface area contributed by atoms with Gasteiger partial charge in [0.1, 0.15) is 0 Å². The number of unbranched alkanes of at least 4 members (excludes halogenated alkanes) is 18. The molecule has 0 aromatic heterocycles. The molecule has 2 atom stereocenters. The molecule has 0 rings (SSSR count). The van der Waals surface area contributed by atoms with Crippen molar-refractivity contribution in [1.29, 1.82) is 0 Å². The number of rotatable bonds is 30. The summed E-state index contributed by atoms with van der Waals surface area (Å²) < 4.78 is 15.6. The fourth-order valence-electron chi connectivity index (χ4n) is 4.97. The number of aliphatic hydroxyl groups is 1. The van der Waals surface area contributed by atoms with Crippen LogP contribution in [0.4, 0.5) is 0 Å². The van der Waals surface area contributed by atoms with Gasteiger partial charge in [-0.25, -0.2) is 4.79 Å². The predicted molar refractivity (Wildman–Crippen MR) is 168 cm³/mol. The van der Waals surface area contributed by atoms with Crippen LogP contribution in [0.2, 0.25) is 0 Å². The molecule has 9 nitrogen and oxygen atoms in total. The third-order valence-corrected chi connectivity index (χ3v) is 7.71. The zero-order valence-corrected chi connectivity index (χ0v) is 27.5. The van der Waals surface area contributed by atoms with Crippen LogP contribution in [-0.2, 0) is 33.4 Å². The topological polar surface area (TPSA) is 136 Å². The second-order valence-corrected chi connectivity index (χ2v) is 11.8. The number of carbonyl (C=O) groups is 4. The highest BCUT2D eigenvalue weighted by molar-refractivity contribution is 6.03. The van der Waals surface area contributed by atoms with Gasteiger partial charge in [0.05, 0.1) is 26.2 Å². The lowest BCUT2D eigenvalue weighted by molar-refractivity contribution is -0.192. The van der Waals surface area contributed by atoms with Crippen molar-refractivity contribution < 1.29 is 43.6 Å². The Labute approximate surface area is 260 Å². The molecule has 0 aromatic rings. The summed E-state index contributed by atoms with van der Waals surface area (Å²) in [6, 6.07) is 0. The average Bonchev–Trinajstić information content (AvgIpc) is 2.96. The van der Waals surface area contributed by atoms with E-state index in [1.807, 2.05) is 0 Å². The van der Waals surface area contributed by atoms with Gasteiger partial charge < -0.3 is 24.4 Å². The summed E-state index contributed by atoms with van der Waals surface area (Å²) in [4.78, 5) is 50.8. The third kappa shape index (κ3) is 20.4. The second-order valence-electron chi connectivity index (χ2n) is 11.8. The van der Waals surface area contributed by atoms with Crippen LogP contribution in [-0.4, -0.2) is 59.5 Å². The monoisotopic (exact) mass is 614 g/mol. The standard InChI is InChI=1S/C34H62O9/c1-4-7-10-13-16-19-22-25-41-29(35)28-34(40,33(39)43-27-24-21-18-15-12-9-6-3)30(31(36)37)32(38)42-26-23-20-17-14-11-8-5-2/h30,40H,4-28H2,1-3H3,(H,36,37). The molecule has 0 aromatic carbocycles. The molecule has 0 saturated carbocycles. The van der Waals surface area contributed by atoms with Crippen LogP contribution in [0.5, 0.6) is 0 Å². The van der Waals surface area contributed by atoms with Crippen molar-refractivity contribution in [2.45, 2.75) is 168 Å².